The van der Waals surface area contributed by atoms with E-state index in [0.717, 1.165) is 36.0 Å². The van der Waals surface area contributed by atoms with E-state index in [0.29, 0.717) is 0 Å². The molecule has 0 bridgehead atoms. The Labute approximate surface area is 154 Å². The summed E-state index contributed by atoms with van der Waals surface area (Å²) in [5.41, 5.74) is 3.86. The third kappa shape index (κ3) is 4.98. The predicted molar refractivity (Wildman–Crippen MR) is 94.0 cm³/mol. The zero-order valence-corrected chi connectivity index (χ0v) is 14.2. The number of nitro groups is 2. The van der Waals surface area contributed by atoms with Crippen LogP contribution in [0.2, 0.25) is 0 Å². The van der Waals surface area contributed by atoms with Crippen molar-refractivity contribution in [3.05, 3.63) is 68.0 Å². The molecule has 10 nitrogen and oxygen atoms in total. The van der Waals surface area contributed by atoms with Crippen molar-refractivity contribution in [1.29, 1.82) is 0 Å². The van der Waals surface area contributed by atoms with Gasteiger partial charge in [-0.15, -0.1) is 11.8 Å². The Hall–Kier alpha value is -3.54. The molecular formula is C15H11FN4O6S. The minimum atomic E-state index is -1.04. The molecule has 0 atom stereocenters. The Kier molecular flexibility index (Phi) is 6.03. The van der Waals surface area contributed by atoms with Crippen molar-refractivity contribution in [3.63, 3.8) is 0 Å². The van der Waals surface area contributed by atoms with E-state index in [1.54, 1.807) is 0 Å². The maximum absolute atomic E-state index is 13.3. The largest absolute Gasteiger partial charge is 0.366 e. The van der Waals surface area contributed by atoms with Crippen LogP contribution in [-0.4, -0.2) is 27.4 Å². The molecule has 0 fully saturated rings. The summed E-state index contributed by atoms with van der Waals surface area (Å²) in [6.45, 7) is 0. The van der Waals surface area contributed by atoms with Gasteiger partial charge in [0.15, 0.2) is 0 Å². The number of carbonyl (C=O) groups excluding carboxylic acids is 2. The smallest absolute Gasteiger partial charge is 0.306 e. The van der Waals surface area contributed by atoms with Gasteiger partial charge in [0.05, 0.1) is 20.5 Å². The lowest BCUT2D eigenvalue weighted by Gasteiger charge is -2.06. The maximum Gasteiger partial charge on any atom is 0.306 e. The van der Waals surface area contributed by atoms with Crippen LogP contribution >= 0.6 is 11.8 Å². The van der Waals surface area contributed by atoms with Crippen molar-refractivity contribution in [1.82, 2.24) is 0 Å². The average Bonchev–Trinajstić information content (AvgIpc) is 2.61. The van der Waals surface area contributed by atoms with Crippen LogP contribution in [0, 0.1) is 26.0 Å². The third-order valence-corrected chi connectivity index (χ3v) is 4.29. The lowest BCUT2D eigenvalue weighted by atomic mass is 10.2. The first-order valence-corrected chi connectivity index (χ1v) is 8.12. The number of nitrogens with zero attached hydrogens (tertiary/aromatic N) is 2. The molecule has 0 aromatic heterocycles. The van der Waals surface area contributed by atoms with Gasteiger partial charge in [0.1, 0.15) is 0 Å². The summed E-state index contributed by atoms with van der Waals surface area (Å²) in [5.74, 6) is -2.75. The highest BCUT2D eigenvalue weighted by Gasteiger charge is 2.19. The molecule has 12 heteroatoms. The van der Waals surface area contributed by atoms with Crippen LogP contribution in [0.25, 0.3) is 0 Å². The van der Waals surface area contributed by atoms with Gasteiger partial charge in [0.2, 0.25) is 17.6 Å². The van der Waals surface area contributed by atoms with E-state index in [-0.39, 0.29) is 27.6 Å². The molecule has 3 N–H and O–H groups in total. The van der Waals surface area contributed by atoms with Crippen molar-refractivity contribution < 1.29 is 23.8 Å². The fourth-order valence-corrected chi connectivity index (χ4v) is 2.81. The van der Waals surface area contributed by atoms with E-state index in [4.69, 9.17) is 5.73 Å². The van der Waals surface area contributed by atoms with Crippen molar-refractivity contribution in [2.75, 3.05) is 11.1 Å². The summed E-state index contributed by atoms with van der Waals surface area (Å²) in [6.07, 6.45) is 0. The summed E-state index contributed by atoms with van der Waals surface area (Å²) in [7, 11) is 0. The summed E-state index contributed by atoms with van der Waals surface area (Å²) < 4.78 is 13.3. The molecule has 2 amide bonds. The number of nitrogens with two attached hydrogens (primary N) is 1. The molecule has 27 heavy (non-hydrogen) atoms. The fraction of sp³-hybridized carbons (Fsp3) is 0.0667. The number of hydrogen-bond donors (Lipinski definition) is 2. The van der Waals surface area contributed by atoms with Crippen molar-refractivity contribution in [2.24, 2.45) is 5.73 Å². The number of anilines is 1. The number of thioether (sulfide) groups is 1. The van der Waals surface area contributed by atoms with Gasteiger partial charge >= 0.3 is 5.69 Å². The molecule has 140 valence electrons. The standard InChI is InChI=1S/C15H11FN4O6S/c16-10-3-2-9(6-11(10)19(23)24)18-14(21)7-27-13-4-1-8(15(17)22)5-12(13)20(25)26/h1-6H,7H2,(H2,17,22)(H,18,21). The Morgan fingerprint density at radius 3 is 2.33 bits per heavy atom. The summed E-state index contributed by atoms with van der Waals surface area (Å²) >= 11 is 0.823. The van der Waals surface area contributed by atoms with Gasteiger partial charge in [-0.1, -0.05) is 0 Å². The average molecular weight is 394 g/mol. The van der Waals surface area contributed by atoms with Gasteiger partial charge in [-0.3, -0.25) is 29.8 Å². The number of benzene rings is 2. The SMILES string of the molecule is NC(=O)c1ccc(SCC(=O)Nc2ccc(F)c([N+](=O)[O-])c2)c([N+](=O)[O-])c1. The van der Waals surface area contributed by atoms with Crippen LogP contribution in [0.1, 0.15) is 10.4 Å². The number of carbonyl (C=O) groups is 2. The Balaban J connectivity index is 2.10. The lowest BCUT2D eigenvalue weighted by Crippen LogP contribution is -2.14. The second-order valence-electron chi connectivity index (χ2n) is 5.06. The van der Waals surface area contributed by atoms with Crippen LogP contribution in [0.5, 0.6) is 0 Å². The van der Waals surface area contributed by atoms with Gasteiger partial charge < -0.3 is 11.1 Å². The van der Waals surface area contributed by atoms with E-state index in [1.807, 2.05) is 0 Å². The predicted octanol–water partition coefficient (Wildman–Crippen LogP) is 2.47. The monoisotopic (exact) mass is 394 g/mol. The summed E-state index contributed by atoms with van der Waals surface area (Å²) in [5, 5.41) is 24.1. The number of hydrogen-bond acceptors (Lipinski definition) is 7. The molecule has 0 saturated carbocycles. The van der Waals surface area contributed by atoms with Crippen molar-refractivity contribution in [3.8, 4) is 0 Å². The zero-order chi connectivity index (χ0) is 20.1. The van der Waals surface area contributed by atoms with Crippen LogP contribution < -0.4 is 11.1 Å². The van der Waals surface area contributed by atoms with Crippen LogP contribution in [0.3, 0.4) is 0 Å². The molecule has 0 saturated heterocycles. The number of primary amides is 1. The zero-order valence-electron chi connectivity index (χ0n) is 13.4. The highest BCUT2D eigenvalue weighted by Crippen LogP contribution is 2.30. The van der Waals surface area contributed by atoms with Crippen molar-refractivity contribution in [2.45, 2.75) is 4.90 Å². The van der Waals surface area contributed by atoms with Gasteiger partial charge in [-0.25, -0.2) is 0 Å². The highest BCUT2D eigenvalue weighted by molar-refractivity contribution is 8.00. The maximum atomic E-state index is 13.3. The van der Waals surface area contributed by atoms with Gasteiger partial charge in [0.25, 0.3) is 5.69 Å². The summed E-state index contributed by atoms with van der Waals surface area (Å²) in [6, 6.07) is 6.44. The minimum absolute atomic E-state index is 0.00674. The van der Waals surface area contributed by atoms with E-state index >= 15 is 0 Å². The molecule has 0 aliphatic heterocycles. The van der Waals surface area contributed by atoms with E-state index in [1.165, 1.54) is 12.1 Å². The minimum Gasteiger partial charge on any atom is -0.366 e. The quantitative estimate of drug-likeness (QED) is 0.414. The van der Waals surface area contributed by atoms with Crippen LogP contribution in [0.15, 0.2) is 41.3 Å². The Morgan fingerprint density at radius 2 is 1.74 bits per heavy atom. The topological polar surface area (TPSA) is 158 Å². The molecule has 2 aromatic carbocycles. The lowest BCUT2D eigenvalue weighted by molar-refractivity contribution is -0.387. The highest BCUT2D eigenvalue weighted by atomic mass is 32.2. The van der Waals surface area contributed by atoms with Crippen molar-refractivity contribution >= 4 is 40.6 Å². The van der Waals surface area contributed by atoms with E-state index in [9.17, 15) is 34.2 Å². The van der Waals surface area contributed by atoms with Gasteiger partial charge in [-0.2, -0.15) is 4.39 Å². The summed E-state index contributed by atoms with van der Waals surface area (Å²) in [4.78, 5) is 43.4. The van der Waals surface area contributed by atoms with Gasteiger partial charge in [0, 0.05) is 23.4 Å². The molecule has 0 radical (unpaired) electrons. The van der Waals surface area contributed by atoms with E-state index < -0.39 is 33.2 Å². The number of nitrogens with one attached hydrogen (secondary N) is 1. The number of halogens is 1. The molecule has 0 unspecified atom stereocenters. The number of rotatable bonds is 7. The molecule has 2 rings (SSSR count). The molecule has 2 aromatic rings. The van der Waals surface area contributed by atoms with Crippen LogP contribution in [0.4, 0.5) is 21.5 Å². The molecule has 0 aliphatic rings. The van der Waals surface area contributed by atoms with Gasteiger partial charge in [-0.05, 0) is 24.3 Å². The fourth-order valence-electron chi connectivity index (χ4n) is 2.01. The number of amides is 2. The molecular weight excluding hydrogens is 383 g/mol. The first kappa shape index (κ1) is 19.8. The van der Waals surface area contributed by atoms with Crippen LogP contribution in [-0.2, 0) is 4.79 Å². The second-order valence-corrected chi connectivity index (χ2v) is 6.08. The molecule has 0 spiro atoms. The molecule has 0 aliphatic carbocycles. The first-order chi connectivity index (χ1) is 12.7. The first-order valence-electron chi connectivity index (χ1n) is 7.14. The Bertz CT molecular complexity index is 952. The number of nitro benzene ring substituents is 2. The normalized spacial score (nSPS) is 10.3. The molecule has 0 heterocycles. The second kappa shape index (κ2) is 8.23. The third-order valence-electron chi connectivity index (χ3n) is 3.23. The van der Waals surface area contributed by atoms with E-state index in [2.05, 4.69) is 5.32 Å². The Morgan fingerprint density at radius 1 is 1.07 bits per heavy atom.